The van der Waals surface area contributed by atoms with E-state index in [1.165, 1.54) is 0 Å². The molecule has 2 rings (SSSR count). The van der Waals surface area contributed by atoms with Crippen LogP contribution in [-0.4, -0.2) is 8.96 Å². The second-order valence-corrected chi connectivity index (χ2v) is 6.48. The van der Waals surface area contributed by atoms with Crippen molar-refractivity contribution in [2.24, 2.45) is 5.41 Å². The quantitative estimate of drug-likeness (QED) is 0.765. The van der Waals surface area contributed by atoms with E-state index >= 15 is 0 Å². The molecule has 2 nitrogen and oxygen atoms in total. The Bertz CT molecular complexity index is 505. The lowest BCUT2D eigenvalue weighted by Crippen LogP contribution is -2.23. The number of benzene rings is 1. The molecule has 88 valence electrons. The average Bonchev–Trinajstić information content (AvgIpc) is 2.97. The van der Waals surface area contributed by atoms with Crippen molar-refractivity contribution in [3.05, 3.63) is 43.0 Å². The summed E-state index contributed by atoms with van der Waals surface area (Å²) in [7, 11) is -1.15. The molecule has 0 amide bonds. The van der Waals surface area contributed by atoms with Gasteiger partial charge in [0.2, 0.25) is 0 Å². The van der Waals surface area contributed by atoms with Crippen molar-refractivity contribution in [3.63, 3.8) is 0 Å². The summed E-state index contributed by atoms with van der Waals surface area (Å²) >= 11 is 0. The minimum Gasteiger partial charge on any atom is -0.254 e. The zero-order chi connectivity index (χ0) is 12.5. The zero-order valence-electron chi connectivity index (χ0n) is 9.85. The van der Waals surface area contributed by atoms with E-state index < -0.39 is 21.0 Å². The van der Waals surface area contributed by atoms with Crippen molar-refractivity contribution in [1.29, 1.82) is 5.26 Å². The predicted molar refractivity (Wildman–Crippen MR) is 68.7 cm³/mol. The molecule has 1 aliphatic carbocycles. The van der Waals surface area contributed by atoms with Crippen LogP contribution in [0.1, 0.15) is 19.8 Å². The molecule has 1 saturated carbocycles. The summed E-state index contributed by atoms with van der Waals surface area (Å²) in [6.45, 7) is 5.60. The predicted octanol–water partition coefficient (Wildman–Crippen LogP) is 3.04. The van der Waals surface area contributed by atoms with Crippen molar-refractivity contribution in [2.75, 3.05) is 0 Å². The smallest absolute Gasteiger partial charge is 0.0739 e. The van der Waals surface area contributed by atoms with Gasteiger partial charge in [-0.25, -0.2) is 0 Å². The molecule has 0 aliphatic heterocycles. The molecule has 0 aromatic heterocycles. The van der Waals surface area contributed by atoms with Crippen LogP contribution < -0.4 is 0 Å². The van der Waals surface area contributed by atoms with E-state index in [9.17, 15) is 9.47 Å². The van der Waals surface area contributed by atoms with E-state index in [1.54, 1.807) is 6.08 Å². The van der Waals surface area contributed by atoms with Crippen LogP contribution in [0.15, 0.2) is 47.9 Å². The summed E-state index contributed by atoms with van der Waals surface area (Å²) in [5.41, 5.74) is -0.484. The highest BCUT2D eigenvalue weighted by Gasteiger charge is 2.68. The fraction of sp³-hybridized carbons (Fsp3) is 0.357. The van der Waals surface area contributed by atoms with Gasteiger partial charge in [-0.15, -0.1) is 6.58 Å². The van der Waals surface area contributed by atoms with Gasteiger partial charge in [0.1, 0.15) is 0 Å². The van der Waals surface area contributed by atoms with Crippen LogP contribution in [-0.2, 0) is 10.8 Å². The third-order valence-corrected chi connectivity index (χ3v) is 5.72. The molecule has 1 unspecified atom stereocenters. The topological polar surface area (TPSA) is 40.9 Å². The number of rotatable bonds is 4. The van der Waals surface area contributed by atoms with Crippen molar-refractivity contribution < 1.29 is 4.21 Å². The Balaban J connectivity index is 2.36. The van der Waals surface area contributed by atoms with E-state index in [2.05, 4.69) is 12.6 Å². The number of allylic oxidation sites excluding steroid dienone is 1. The van der Waals surface area contributed by atoms with Gasteiger partial charge >= 0.3 is 0 Å². The maximum absolute atomic E-state index is 12.6. The molecule has 0 radical (unpaired) electrons. The standard InChI is InChI=1S/C14H15NOS/c1-3-9-14(10-13(14,2)11-15)17(16)12-7-5-4-6-8-12/h3-8H,1,9-10H2,2H3/t13-,14-,17?/m1/s1. The molecule has 1 aromatic rings. The number of nitriles is 1. The molecule has 3 heteroatoms. The summed E-state index contributed by atoms with van der Waals surface area (Å²) in [6, 6.07) is 11.7. The van der Waals surface area contributed by atoms with Crippen LogP contribution in [0.25, 0.3) is 0 Å². The molecule has 1 aliphatic rings. The highest BCUT2D eigenvalue weighted by atomic mass is 32.2. The molecular formula is C14H15NOS. The Morgan fingerprint density at radius 1 is 1.53 bits per heavy atom. The molecule has 3 atom stereocenters. The van der Waals surface area contributed by atoms with Gasteiger partial charge in [-0.3, -0.25) is 4.21 Å². The lowest BCUT2D eigenvalue weighted by atomic mass is 10.1. The highest BCUT2D eigenvalue weighted by molar-refractivity contribution is 7.87. The van der Waals surface area contributed by atoms with E-state index in [-0.39, 0.29) is 0 Å². The van der Waals surface area contributed by atoms with Crippen LogP contribution in [0.4, 0.5) is 0 Å². The molecule has 0 spiro atoms. The highest BCUT2D eigenvalue weighted by Crippen LogP contribution is 2.62. The maximum atomic E-state index is 12.6. The summed E-state index contributed by atoms with van der Waals surface area (Å²) in [5.74, 6) is 0. The first kappa shape index (κ1) is 12.1. The van der Waals surface area contributed by atoms with Crippen LogP contribution in [0.5, 0.6) is 0 Å². The molecule has 1 aromatic carbocycles. The average molecular weight is 245 g/mol. The SMILES string of the molecule is C=CC[C@@]1(S(=O)c2ccccc2)C[C@]1(C)C#N. The molecule has 1 fully saturated rings. The fourth-order valence-corrected chi connectivity index (χ4v) is 4.31. The summed E-state index contributed by atoms with van der Waals surface area (Å²) < 4.78 is 12.2. The lowest BCUT2D eigenvalue weighted by Gasteiger charge is -2.16. The van der Waals surface area contributed by atoms with Gasteiger partial charge in [0, 0.05) is 4.90 Å². The third kappa shape index (κ3) is 1.73. The first-order valence-electron chi connectivity index (χ1n) is 5.59. The summed E-state index contributed by atoms with van der Waals surface area (Å²) in [5, 5.41) is 9.20. The Morgan fingerprint density at radius 3 is 2.65 bits per heavy atom. The monoisotopic (exact) mass is 245 g/mol. The molecule has 0 heterocycles. The van der Waals surface area contributed by atoms with E-state index in [4.69, 9.17) is 0 Å². The molecular weight excluding hydrogens is 230 g/mol. The van der Waals surface area contributed by atoms with Gasteiger partial charge < -0.3 is 0 Å². The van der Waals surface area contributed by atoms with Crippen LogP contribution in [0.3, 0.4) is 0 Å². The number of nitrogens with zero attached hydrogens (tertiary/aromatic N) is 1. The van der Waals surface area contributed by atoms with Gasteiger partial charge in [0.05, 0.1) is 27.0 Å². The molecule has 17 heavy (non-hydrogen) atoms. The van der Waals surface area contributed by atoms with Gasteiger partial charge in [-0.1, -0.05) is 24.3 Å². The van der Waals surface area contributed by atoms with Crippen LogP contribution >= 0.6 is 0 Å². The Labute approximate surface area is 104 Å². The number of hydrogen-bond donors (Lipinski definition) is 0. The van der Waals surface area contributed by atoms with E-state index in [1.807, 2.05) is 37.3 Å². The van der Waals surface area contributed by atoms with E-state index in [0.717, 1.165) is 4.90 Å². The second-order valence-electron chi connectivity index (χ2n) is 4.69. The maximum Gasteiger partial charge on any atom is 0.0739 e. The Hall–Kier alpha value is -1.40. The van der Waals surface area contributed by atoms with Crippen molar-refractivity contribution in [3.8, 4) is 6.07 Å². The van der Waals surface area contributed by atoms with Gasteiger partial charge in [0.15, 0.2) is 0 Å². The fourth-order valence-electron chi connectivity index (χ4n) is 2.31. The van der Waals surface area contributed by atoms with E-state index in [0.29, 0.717) is 12.8 Å². The van der Waals surface area contributed by atoms with Crippen molar-refractivity contribution in [1.82, 2.24) is 0 Å². The van der Waals surface area contributed by atoms with Gasteiger partial charge in [-0.2, -0.15) is 5.26 Å². The first-order valence-corrected chi connectivity index (χ1v) is 6.74. The van der Waals surface area contributed by atoms with Crippen molar-refractivity contribution >= 4 is 10.8 Å². The molecule has 0 bridgehead atoms. The third-order valence-electron chi connectivity index (χ3n) is 3.55. The lowest BCUT2D eigenvalue weighted by molar-refractivity contribution is 0.628. The Kier molecular flexibility index (Phi) is 2.92. The largest absolute Gasteiger partial charge is 0.254 e. The van der Waals surface area contributed by atoms with Gasteiger partial charge in [0.25, 0.3) is 0 Å². The molecule has 0 N–H and O–H groups in total. The number of hydrogen-bond acceptors (Lipinski definition) is 2. The normalized spacial score (nSPS) is 32.5. The van der Waals surface area contributed by atoms with Gasteiger partial charge in [-0.05, 0) is 31.9 Å². The molecule has 0 saturated heterocycles. The minimum absolute atomic E-state index is 0.440. The summed E-state index contributed by atoms with van der Waals surface area (Å²) in [4.78, 5) is 0.799. The Morgan fingerprint density at radius 2 is 2.18 bits per heavy atom. The summed E-state index contributed by atoms with van der Waals surface area (Å²) in [6.07, 6.45) is 3.08. The van der Waals surface area contributed by atoms with Crippen LogP contribution in [0, 0.1) is 16.7 Å². The zero-order valence-corrected chi connectivity index (χ0v) is 10.7. The van der Waals surface area contributed by atoms with Crippen LogP contribution in [0.2, 0.25) is 0 Å². The minimum atomic E-state index is -1.15. The van der Waals surface area contributed by atoms with Crippen molar-refractivity contribution in [2.45, 2.75) is 29.4 Å². The second kappa shape index (κ2) is 4.12. The first-order chi connectivity index (χ1) is 8.09.